The second-order valence-corrected chi connectivity index (χ2v) is 4.50. The molecule has 0 saturated heterocycles. The molecule has 2 aromatic rings. The number of benzene rings is 1. The van der Waals surface area contributed by atoms with Crippen LogP contribution in [0.3, 0.4) is 0 Å². The number of imidazole rings is 1. The van der Waals surface area contributed by atoms with Crippen molar-refractivity contribution in [1.29, 1.82) is 0 Å². The Balaban J connectivity index is 2.05. The van der Waals surface area contributed by atoms with Crippen molar-refractivity contribution >= 4 is 27.0 Å². The average Bonchev–Trinajstić information content (AvgIpc) is 2.66. The molecule has 0 aliphatic rings. The van der Waals surface area contributed by atoms with Crippen molar-refractivity contribution in [2.45, 2.75) is 6.42 Å². The van der Waals surface area contributed by atoms with E-state index in [9.17, 15) is 0 Å². The van der Waals surface area contributed by atoms with Gasteiger partial charge in [-0.1, -0.05) is 22.0 Å². The highest BCUT2D eigenvalue weighted by Gasteiger charge is 2.02. The number of fused-ring (bicyclic) bond motifs is 1. The van der Waals surface area contributed by atoms with Gasteiger partial charge in [0.05, 0.1) is 11.0 Å². The van der Waals surface area contributed by atoms with Gasteiger partial charge in [-0.05, 0) is 18.2 Å². The lowest BCUT2D eigenvalue weighted by molar-refractivity contribution is 0.727. The second-order valence-electron chi connectivity index (χ2n) is 3.59. The number of nitrogens with zero attached hydrogens (tertiary/aromatic N) is 1. The average molecular weight is 280 g/mol. The smallest absolute Gasteiger partial charge is 0.108 e. The number of aromatic nitrogens is 2. The van der Waals surface area contributed by atoms with Gasteiger partial charge in [0.1, 0.15) is 5.82 Å². The second kappa shape index (κ2) is 5.27. The molecule has 0 fully saturated rings. The van der Waals surface area contributed by atoms with Gasteiger partial charge < -0.3 is 10.3 Å². The van der Waals surface area contributed by atoms with Crippen LogP contribution in [0.5, 0.6) is 0 Å². The summed E-state index contributed by atoms with van der Waals surface area (Å²) in [6.07, 6.45) is 2.76. The minimum absolute atomic E-state index is 0.839. The maximum absolute atomic E-state index is 4.51. The monoisotopic (exact) mass is 279 g/mol. The fourth-order valence-corrected chi connectivity index (χ4v) is 1.93. The molecule has 1 heterocycles. The molecule has 0 aliphatic heterocycles. The predicted molar refractivity (Wildman–Crippen MR) is 70.6 cm³/mol. The Morgan fingerprint density at radius 2 is 2.38 bits per heavy atom. The molecule has 0 amide bonds. The Morgan fingerprint density at radius 3 is 3.19 bits per heavy atom. The number of nitrogens with one attached hydrogen (secondary N) is 2. The summed E-state index contributed by atoms with van der Waals surface area (Å²) in [6, 6.07) is 6.06. The predicted octanol–water partition coefficient (Wildman–Crippen LogP) is 2.64. The van der Waals surface area contributed by atoms with Crippen molar-refractivity contribution in [3.05, 3.63) is 41.2 Å². The molecule has 2 N–H and O–H groups in total. The van der Waals surface area contributed by atoms with E-state index in [0.717, 1.165) is 40.8 Å². The Morgan fingerprint density at radius 1 is 1.50 bits per heavy atom. The molecule has 0 atom stereocenters. The van der Waals surface area contributed by atoms with Crippen LogP contribution in [0.2, 0.25) is 0 Å². The molecule has 1 aromatic heterocycles. The quantitative estimate of drug-likeness (QED) is 0.653. The lowest BCUT2D eigenvalue weighted by Crippen LogP contribution is -2.17. The Bertz CT molecular complexity index is 490. The summed E-state index contributed by atoms with van der Waals surface area (Å²) in [4.78, 5) is 7.82. The summed E-state index contributed by atoms with van der Waals surface area (Å²) < 4.78 is 1.07. The molecule has 0 aliphatic carbocycles. The molecule has 1 aromatic carbocycles. The molecule has 4 heteroatoms. The highest BCUT2D eigenvalue weighted by Crippen LogP contribution is 2.17. The normalized spacial score (nSPS) is 10.8. The van der Waals surface area contributed by atoms with E-state index < -0.39 is 0 Å². The minimum atomic E-state index is 0.839. The van der Waals surface area contributed by atoms with Crippen LogP contribution < -0.4 is 5.32 Å². The van der Waals surface area contributed by atoms with Crippen molar-refractivity contribution in [2.75, 3.05) is 13.1 Å². The minimum Gasteiger partial charge on any atom is -0.342 e. The molecule has 3 nitrogen and oxygen atoms in total. The van der Waals surface area contributed by atoms with Crippen LogP contribution in [-0.4, -0.2) is 23.1 Å². The Kier molecular flexibility index (Phi) is 3.74. The van der Waals surface area contributed by atoms with E-state index in [1.165, 1.54) is 0 Å². The summed E-state index contributed by atoms with van der Waals surface area (Å²) in [7, 11) is 0. The first-order valence-corrected chi connectivity index (χ1v) is 6.04. The van der Waals surface area contributed by atoms with Gasteiger partial charge in [-0.3, -0.25) is 0 Å². The number of rotatable bonds is 5. The van der Waals surface area contributed by atoms with Crippen LogP contribution >= 0.6 is 15.9 Å². The molecule has 2 rings (SSSR count). The third-order valence-corrected chi connectivity index (χ3v) is 2.81. The highest BCUT2D eigenvalue weighted by atomic mass is 79.9. The zero-order valence-electron chi connectivity index (χ0n) is 8.96. The van der Waals surface area contributed by atoms with E-state index in [-0.39, 0.29) is 0 Å². The van der Waals surface area contributed by atoms with E-state index in [1.807, 2.05) is 24.3 Å². The van der Waals surface area contributed by atoms with Crippen molar-refractivity contribution in [3.63, 3.8) is 0 Å². The van der Waals surface area contributed by atoms with Gasteiger partial charge in [0, 0.05) is 24.0 Å². The lowest BCUT2D eigenvalue weighted by Gasteiger charge is -1.97. The highest BCUT2D eigenvalue weighted by molar-refractivity contribution is 9.10. The van der Waals surface area contributed by atoms with E-state index in [2.05, 4.69) is 37.8 Å². The van der Waals surface area contributed by atoms with Gasteiger partial charge in [-0.15, -0.1) is 6.58 Å². The maximum Gasteiger partial charge on any atom is 0.108 e. The molecule has 0 radical (unpaired) electrons. The Labute approximate surface area is 103 Å². The number of hydrogen-bond acceptors (Lipinski definition) is 2. The Hall–Kier alpha value is -1.13. The number of H-pyrrole nitrogens is 1. The van der Waals surface area contributed by atoms with Crippen LogP contribution in [0, 0.1) is 0 Å². The van der Waals surface area contributed by atoms with Crippen LogP contribution in [0.4, 0.5) is 0 Å². The molecule has 0 unspecified atom stereocenters. The van der Waals surface area contributed by atoms with Crippen molar-refractivity contribution < 1.29 is 0 Å². The molecular weight excluding hydrogens is 266 g/mol. The van der Waals surface area contributed by atoms with E-state index in [0.29, 0.717) is 0 Å². The first-order valence-electron chi connectivity index (χ1n) is 5.25. The van der Waals surface area contributed by atoms with E-state index >= 15 is 0 Å². The summed E-state index contributed by atoms with van der Waals surface area (Å²) in [5.74, 6) is 1.02. The van der Waals surface area contributed by atoms with E-state index in [4.69, 9.17) is 0 Å². The van der Waals surface area contributed by atoms with Crippen LogP contribution in [0.1, 0.15) is 5.82 Å². The third kappa shape index (κ3) is 2.71. The largest absolute Gasteiger partial charge is 0.342 e. The fraction of sp³-hybridized carbons (Fsp3) is 0.250. The van der Waals surface area contributed by atoms with Crippen LogP contribution in [-0.2, 0) is 6.42 Å². The SMILES string of the molecule is C=CCNCCc1nc2ccc(Br)cc2[nH]1. The van der Waals surface area contributed by atoms with Crippen molar-refractivity contribution in [3.8, 4) is 0 Å². The number of hydrogen-bond donors (Lipinski definition) is 2. The fourth-order valence-electron chi connectivity index (χ4n) is 1.56. The molecule has 84 valence electrons. The molecule has 16 heavy (non-hydrogen) atoms. The van der Waals surface area contributed by atoms with Gasteiger partial charge in [-0.2, -0.15) is 0 Å². The number of aromatic amines is 1. The number of halogens is 1. The molecule has 0 bridgehead atoms. The van der Waals surface area contributed by atoms with Gasteiger partial charge >= 0.3 is 0 Å². The molecule has 0 saturated carbocycles. The summed E-state index contributed by atoms with van der Waals surface area (Å²) >= 11 is 3.44. The van der Waals surface area contributed by atoms with Crippen LogP contribution in [0.25, 0.3) is 11.0 Å². The van der Waals surface area contributed by atoms with Crippen molar-refractivity contribution in [1.82, 2.24) is 15.3 Å². The topological polar surface area (TPSA) is 40.7 Å². The summed E-state index contributed by atoms with van der Waals surface area (Å²) in [5.41, 5.74) is 2.09. The molecule has 0 spiro atoms. The zero-order chi connectivity index (χ0) is 11.4. The van der Waals surface area contributed by atoms with Crippen LogP contribution in [0.15, 0.2) is 35.3 Å². The lowest BCUT2D eigenvalue weighted by atomic mass is 10.3. The zero-order valence-corrected chi connectivity index (χ0v) is 10.5. The standard InChI is InChI=1S/C12H14BrN3/c1-2-6-14-7-5-12-15-10-4-3-9(13)8-11(10)16-12/h2-4,8,14H,1,5-7H2,(H,15,16). The first-order chi connectivity index (χ1) is 7.79. The van der Waals surface area contributed by atoms with Gasteiger partial charge in [0.2, 0.25) is 0 Å². The van der Waals surface area contributed by atoms with E-state index in [1.54, 1.807) is 0 Å². The first kappa shape index (κ1) is 11.4. The van der Waals surface area contributed by atoms with Gasteiger partial charge in [0.25, 0.3) is 0 Å². The summed E-state index contributed by atoms with van der Waals surface area (Å²) in [5, 5.41) is 3.25. The van der Waals surface area contributed by atoms with Gasteiger partial charge in [-0.25, -0.2) is 4.98 Å². The van der Waals surface area contributed by atoms with Gasteiger partial charge in [0.15, 0.2) is 0 Å². The molecular formula is C12H14BrN3. The van der Waals surface area contributed by atoms with Crippen molar-refractivity contribution in [2.24, 2.45) is 0 Å². The maximum atomic E-state index is 4.51. The third-order valence-electron chi connectivity index (χ3n) is 2.32. The summed E-state index contributed by atoms with van der Waals surface area (Å²) in [6.45, 7) is 5.41.